The summed E-state index contributed by atoms with van der Waals surface area (Å²) in [5, 5.41) is 17.0. The molecule has 0 radical (unpaired) electrons. The van der Waals surface area contributed by atoms with Gasteiger partial charge in [0.1, 0.15) is 0 Å². The Balaban J connectivity index is 2.07. The number of benzene rings is 1. The second kappa shape index (κ2) is 6.42. The second-order valence-corrected chi connectivity index (χ2v) is 5.29. The van der Waals surface area contributed by atoms with Crippen LogP contribution in [0.4, 0.5) is 5.95 Å². The smallest absolute Gasteiger partial charge is 0.313 e. The molecule has 106 valence electrons. The Morgan fingerprint density at radius 3 is 2.85 bits per heavy atom. The number of nitrogen functional groups attached to an aromatic ring is 1. The molecule has 3 N–H and O–H groups in total. The molecule has 0 spiro atoms. The molecule has 0 fully saturated rings. The SMILES string of the molecule is Cc1ccccc1CCn1c(N)nnc1SCC(=O)O. The maximum absolute atomic E-state index is 10.6. The van der Waals surface area contributed by atoms with Crippen LogP contribution in [0, 0.1) is 6.92 Å². The monoisotopic (exact) mass is 292 g/mol. The highest BCUT2D eigenvalue weighted by Gasteiger charge is 2.12. The maximum Gasteiger partial charge on any atom is 0.313 e. The number of thioether (sulfide) groups is 1. The van der Waals surface area contributed by atoms with Crippen molar-refractivity contribution in [1.29, 1.82) is 0 Å². The summed E-state index contributed by atoms with van der Waals surface area (Å²) in [5.74, 6) is -0.629. The van der Waals surface area contributed by atoms with Gasteiger partial charge in [0, 0.05) is 6.54 Å². The van der Waals surface area contributed by atoms with E-state index in [2.05, 4.69) is 29.3 Å². The van der Waals surface area contributed by atoms with E-state index in [-0.39, 0.29) is 5.75 Å². The van der Waals surface area contributed by atoms with Crippen molar-refractivity contribution in [2.45, 2.75) is 25.0 Å². The third-order valence-corrected chi connectivity index (χ3v) is 3.89. The highest BCUT2D eigenvalue weighted by atomic mass is 32.2. The third kappa shape index (κ3) is 3.51. The minimum absolute atomic E-state index is 0.0531. The first-order valence-corrected chi connectivity index (χ1v) is 7.14. The number of aliphatic carboxylic acids is 1. The molecule has 0 bridgehead atoms. The average molecular weight is 292 g/mol. The van der Waals surface area contributed by atoms with Gasteiger partial charge in [-0.25, -0.2) is 0 Å². The minimum Gasteiger partial charge on any atom is -0.481 e. The van der Waals surface area contributed by atoms with Crippen LogP contribution in [-0.2, 0) is 17.8 Å². The van der Waals surface area contributed by atoms with Gasteiger partial charge >= 0.3 is 5.97 Å². The molecule has 7 heteroatoms. The molecule has 1 aromatic heterocycles. The van der Waals surface area contributed by atoms with Crippen molar-refractivity contribution < 1.29 is 9.90 Å². The Morgan fingerprint density at radius 2 is 2.15 bits per heavy atom. The van der Waals surface area contributed by atoms with Gasteiger partial charge in [-0.3, -0.25) is 9.36 Å². The van der Waals surface area contributed by atoms with Crippen molar-refractivity contribution in [2.75, 3.05) is 11.5 Å². The number of aryl methyl sites for hydroxylation is 2. The average Bonchev–Trinajstić information content (AvgIpc) is 2.76. The van der Waals surface area contributed by atoms with Gasteiger partial charge in [0.05, 0.1) is 5.75 Å². The number of nitrogens with two attached hydrogens (primary N) is 1. The summed E-state index contributed by atoms with van der Waals surface area (Å²) >= 11 is 1.13. The lowest BCUT2D eigenvalue weighted by Crippen LogP contribution is -2.09. The molecule has 0 unspecified atom stereocenters. The highest BCUT2D eigenvalue weighted by Crippen LogP contribution is 2.19. The highest BCUT2D eigenvalue weighted by molar-refractivity contribution is 7.99. The van der Waals surface area contributed by atoms with E-state index in [1.807, 2.05) is 12.1 Å². The van der Waals surface area contributed by atoms with E-state index in [9.17, 15) is 4.79 Å². The van der Waals surface area contributed by atoms with E-state index in [0.717, 1.165) is 18.2 Å². The van der Waals surface area contributed by atoms with E-state index in [1.165, 1.54) is 11.1 Å². The normalized spacial score (nSPS) is 10.7. The van der Waals surface area contributed by atoms with Crippen LogP contribution < -0.4 is 5.73 Å². The number of anilines is 1. The van der Waals surface area contributed by atoms with Gasteiger partial charge in [0.25, 0.3) is 0 Å². The topological polar surface area (TPSA) is 94.0 Å². The quantitative estimate of drug-likeness (QED) is 0.785. The molecule has 2 aromatic rings. The zero-order valence-corrected chi connectivity index (χ0v) is 11.9. The predicted molar refractivity (Wildman–Crippen MR) is 77.7 cm³/mol. The number of aromatic nitrogens is 3. The van der Waals surface area contributed by atoms with Crippen molar-refractivity contribution in [3.8, 4) is 0 Å². The summed E-state index contributed by atoms with van der Waals surface area (Å²) in [6.45, 7) is 2.69. The first kappa shape index (κ1) is 14.4. The zero-order chi connectivity index (χ0) is 14.5. The lowest BCUT2D eigenvalue weighted by Gasteiger charge is -2.09. The van der Waals surface area contributed by atoms with E-state index in [0.29, 0.717) is 17.6 Å². The Hall–Kier alpha value is -2.02. The lowest BCUT2D eigenvalue weighted by molar-refractivity contribution is -0.133. The number of rotatable bonds is 6. The molecule has 0 amide bonds. The van der Waals surface area contributed by atoms with Crippen LogP contribution in [0.15, 0.2) is 29.4 Å². The number of carbonyl (C=O) groups is 1. The summed E-state index contributed by atoms with van der Waals surface area (Å²) in [7, 11) is 0. The van der Waals surface area contributed by atoms with Crippen LogP contribution in [0.3, 0.4) is 0 Å². The number of carboxylic acid groups (broad SMARTS) is 1. The summed E-state index contributed by atoms with van der Waals surface area (Å²) in [5.41, 5.74) is 8.23. The number of carboxylic acids is 1. The van der Waals surface area contributed by atoms with E-state index in [4.69, 9.17) is 10.8 Å². The fourth-order valence-electron chi connectivity index (χ4n) is 1.87. The molecule has 1 heterocycles. The van der Waals surface area contributed by atoms with Gasteiger partial charge in [-0.05, 0) is 24.5 Å². The summed E-state index contributed by atoms with van der Waals surface area (Å²) in [4.78, 5) is 10.6. The molecular weight excluding hydrogens is 276 g/mol. The number of nitrogens with zero attached hydrogens (tertiary/aromatic N) is 3. The molecule has 20 heavy (non-hydrogen) atoms. The fourth-order valence-corrected chi connectivity index (χ4v) is 2.56. The second-order valence-electron chi connectivity index (χ2n) is 4.35. The van der Waals surface area contributed by atoms with Crippen molar-refractivity contribution in [1.82, 2.24) is 14.8 Å². The molecule has 2 rings (SSSR count). The van der Waals surface area contributed by atoms with E-state index < -0.39 is 5.97 Å². The summed E-state index contributed by atoms with van der Waals surface area (Å²) in [6.07, 6.45) is 0.801. The Kier molecular flexibility index (Phi) is 4.62. The first-order valence-electron chi connectivity index (χ1n) is 6.15. The Labute approximate surface area is 121 Å². The molecule has 0 saturated heterocycles. The Morgan fingerprint density at radius 1 is 1.40 bits per heavy atom. The molecule has 0 atom stereocenters. The van der Waals surface area contributed by atoms with Crippen molar-refractivity contribution in [3.63, 3.8) is 0 Å². The predicted octanol–water partition coefficient (Wildman–Crippen LogP) is 1.59. The first-order chi connectivity index (χ1) is 9.58. The lowest BCUT2D eigenvalue weighted by atomic mass is 10.1. The van der Waals surface area contributed by atoms with Crippen LogP contribution in [0.5, 0.6) is 0 Å². The largest absolute Gasteiger partial charge is 0.481 e. The van der Waals surface area contributed by atoms with E-state index in [1.54, 1.807) is 4.57 Å². The van der Waals surface area contributed by atoms with E-state index >= 15 is 0 Å². The molecule has 0 saturated carbocycles. The van der Waals surface area contributed by atoms with Crippen molar-refractivity contribution >= 4 is 23.7 Å². The van der Waals surface area contributed by atoms with Crippen LogP contribution in [0.25, 0.3) is 0 Å². The maximum atomic E-state index is 10.6. The van der Waals surface area contributed by atoms with Crippen molar-refractivity contribution in [3.05, 3.63) is 35.4 Å². The number of hydrogen-bond donors (Lipinski definition) is 2. The van der Waals surface area contributed by atoms with Gasteiger partial charge < -0.3 is 10.8 Å². The molecule has 0 aliphatic heterocycles. The summed E-state index contributed by atoms with van der Waals surface area (Å²) < 4.78 is 1.75. The summed E-state index contributed by atoms with van der Waals surface area (Å²) in [6, 6.07) is 8.13. The molecule has 0 aliphatic rings. The van der Waals surface area contributed by atoms with Gasteiger partial charge in [0.2, 0.25) is 5.95 Å². The molecule has 0 aliphatic carbocycles. The number of hydrogen-bond acceptors (Lipinski definition) is 5. The van der Waals surface area contributed by atoms with Gasteiger partial charge in [-0.2, -0.15) is 0 Å². The zero-order valence-electron chi connectivity index (χ0n) is 11.1. The van der Waals surface area contributed by atoms with Crippen LogP contribution in [-0.4, -0.2) is 31.6 Å². The molecule has 6 nitrogen and oxygen atoms in total. The van der Waals surface area contributed by atoms with Gasteiger partial charge in [0.15, 0.2) is 5.16 Å². The fraction of sp³-hybridized carbons (Fsp3) is 0.308. The third-order valence-electron chi connectivity index (χ3n) is 2.94. The van der Waals surface area contributed by atoms with Crippen LogP contribution in [0.1, 0.15) is 11.1 Å². The molecular formula is C13H16N4O2S. The van der Waals surface area contributed by atoms with Crippen LogP contribution in [0.2, 0.25) is 0 Å². The van der Waals surface area contributed by atoms with Crippen LogP contribution >= 0.6 is 11.8 Å². The Bertz CT molecular complexity index is 612. The van der Waals surface area contributed by atoms with Gasteiger partial charge in [-0.1, -0.05) is 36.0 Å². The van der Waals surface area contributed by atoms with Crippen molar-refractivity contribution in [2.24, 2.45) is 0 Å². The van der Waals surface area contributed by atoms with Gasteiger partial charge in [-0.15, -0.1) is 10.2 Å². The molecule has 1 aromatic carbocycles. The standard InChI is InChI=1S/C13H16N4O2S/c1-9-4-2-3-5-10(9)6-7-17-12(14)15-16-13(17)20-8-11(18)19/h2-5H,6-8H2,1H3,(H2,14,15)(H,18,19). The minimum atomic E-state index is -0.887.